The van der Waals surface area contributed by atoms with E-state index in [-0.39, 0.29) is 17.7 Å². The molecule has 2 rings (SSSR count). The summed E-state index contributed by atoms with van der Waals surface area (Å²) in [5.41, 5.74) is 0.698. The maximum Gasteiger partial charge on any atom is 0.262 e. The van der Waals surface area contributed by atoms with E-state index in [0.29, 0.717) is 10.6 Å². The molecule has 1 atom stereocenters. The first kappa shape index (κ1) is 16.2. The Kier molecular flexibility index (Phi) is 4.97. The van der Waals surface area contributed by atoms with Gasteiger partial charge in [-0.3, -0.25) is 14.3 Å². The normalized spacial score (nSPS) is 12.2. The second-order valence-corrected chi connectivity index (χ2v) is 6.39. The standard InChI is InChI=1S/C15H20N4O2S/c1-10(2)13(17-14(20)12-6-5-7-22-12)15(21)19(4)11-8-16-18(3)9-11/h5-10,13H,1-4H3,(H,17,20)/t13-/m0/s1. The summed E-state index contributed by atoms with van der Waals surface area (Å²) < 4.78 is 1.63. The molecule has 118 valence electrons. The smallest absolute Gasteiger partial charge is 0.262 e. The number of hydrogen-bond acceptors (Lipinski definition) is 4. The Balaban J connectivity index is 2.13. The quantitative estimate of drug-likeness (QED) is 0.915. The van der Waals surface area contributed by atoms with Crippen LogP contribution in [-0.2, 0) is 11.8 Å². The van der Waals surface area contributed by atoms with Gasteiger partial charge in [-0.2, -0.15) is 5.10 Å². The number of nitrogens with zero attached hydrogens (tertiary/aromatic N) is 3. The zero-order valence-electron chi connectivity index (χ0n) is 13.1. The van der Waals surface area contributed by atoms with Crippen molar-refractivity contribution in [3.8, 4) is 0 Å². The van der Waals surface area contributed by atoms with Crippen LogP contribution in [0.3, 0.4) is 0 Å². The van der Waals surface area contributed by atoms with Gasteiger partial charge >= 0.3 is 0 Å². The second kappa shape index (κ2) is 6.74. The molecule has 2 heterocycles. The summed E-state index contributed by atoms with van der Waals surface area (Å²) in [5, 5.41) is 8.73. The molecule has 0 aliphatic rings. The Morgan fingerprint density at radius 1 is 1.41 bits per heavy atom. The molecule has 0 bridgehead atoms. The van der Waals surface area contributed by atoms with Crippen LogP contribution < -0.4 is 10.2 Å². The molecule has 0 spiro atoms. The van der Waals surface area contributed by atoms with Crippen LogP contribution in [0.15, 0.2) is 29.9 Å². The molecule has 0 saturated heterocycles. The lowest BCUT2D eigenvalue weighted by Crippen LogP contribution is -2.50. The first-order valence-electron chi connectivity index (χ1n) is 7.00. The number of rotatable bonds is 5. The number of aromatic nitrogens is 2. The van der Waals surface area contributed by atoms with E-state index in [1.165, 1.54) is 16.2 Å². The summed E-state index contributed by atoms with van der Waals surface area (Å²) in [6.45, 7) is 3.82. The van der Waals surface area contributed by atoms with Crippen LogP contribution in [0.1, 0.15) is 23.5 Å². The number of hydrogen-bond donors (Lipinski definition) is 1. The van der Waals surface area contributed by atoms with E-state index >= 15 is 0 Å². The Morgan fingerprint density at radius 3 is 2.64 bits per heavy atom. The van der Waals surface area contributed by atoms with Gasteiger partial charge in [0.2, 0.25) is 5.91 Å². The maximum absolute atomic E-state index is 12.7. The molecule has 22 heavy (non-hydrogen) atoms. The Labute approximate surface area is 133 Å². The minimum Gasteiger partial charge on any atom is -0.339 e. The average Bonchev–Trinajstić information content (AvgIpc) is 3.13. The molecule has 2 aromatic rings. The lowest BCUT2D eigenvalue weighted by atomic mass is 10.0. The van der Waals surface area contributed by atoms with Crippen LogP contribution in [-0.4, -0.2) is 34.7 Å². The first-order chi connectivity index (χ1) is 10.4. The van der Waals surface area contributed by atoms with Gasteiger partial charge in [0.1, 0.15) is 6.04 Å². The molecule has 0 aromatic carbocycles. The van der Waals surface area contributed by atoms with Crippen molar-refractivity contribution in [2.45, 2.75) is 19.9 Å². The molecular weight excluding hydrogens is 300 g/mol. The topological polar surface area (TPSA) is 67.2 Å². The van der Waals surface area contributed by atoms with Gasteiger partial charge in [0.15, 0.2) is 0 Å². The average molecular weight is 320 g/mol. The van der Waals surface area contributed by atoms with Gasteiger partial charge < -0.3 is 10.2 Å². The monoisotopic (exact) mass is 320 g/mol. The number of aryl methyl sites for hydroxylation is 1. The number of thiophene rings is 1. The fourth-order valence-corrected chi connectivity index (χ4v) is 2.68. The molecule has 1 N–H and O–H groups in total. The Hall–Kier alpha value is -2.15. The number of amides is 2. The zero-order valence-corrected chi connectivity index (χ0v) is 13.9. The van der Waals surface area contributed by atoms with Crippen molar-refractivity contribution < 1.29 is 9.59 Å². The van der Waals surface area contributed by atoms with E-state index in [1.54, 1.807) is 37.2 Å². The Bertz CT molecular complexity index is 648. The SMILES string of the molecule is CC(C)[C@H](NC(=O)c1cccs1)C(=O)N(C)c1cnn(C)c1. The van der Waals surface area contributed by atoms with E-state index in [1.807, 2.05) is 25.3 Å². The molecule has 0 fully saturated rings. The molecule has 6 nitrogen and oxygen atoms in total. The van der Waals surface area contributed by atoms with E-state index in [4.69, 9.17) is 0 Å². The van der Waals surface area contributed by atoms with Crippen LogP contribution in [0.5, 0.6) is 0 Å². The maximum atomic E-state index is 12.7. The third-order valence-corrected chi connectivity index (χ3v) is 4.24. The van der Waals surface area contributed by atoms with E-state index in [9.17, 15) is 9.59 Å². The fraction of sp³-hybridized carbons (Fsp3) is 0.400. The highest BCUT2D eigenvalue weighted by atomic mass is 32.1. The fourth-order valence-electron chi connectivity index (χ4n) is 2.05. The van der Waals surface area contributed by atoms with Gasteiger partial charge in [-0.25, -0.2) is 0 Å². The summed E-state index contributed by atoms with van der Waals surface area (Å²) in [7, 11) is 3.48. The molecule has 2 aromatic heterocycles. The molecule has 0 aliphatic heterocycles. The first-order valence-corrected chi connectivity index (χ1v) is 7.88. The van der Waals surface area contributed by atoms with E-state index in [0.717, 1.165) is 0 Å². The molecule has 2 amide bonds. The van der Waals surface area contributed by atoms with E-state index < -0.39 is 6.04 Å². The van der Waals surface area contributed by atoms with Gasteiger partial charge in [-0.15, -0.1) is 11.3 Å². The number of likely N-dealkylation sites (N-methyl/N-ethyl adjacent to an activating group) is 1. The van der Waals surface area contributed by atoms with Crippen LogP contribution in [0.2, 0.25) is 0 Å². The number of nitrogens with one attached hydrogen (secondary N) is 1. The number of carbonyl (C=O) groups is 2. The highest BCUT2D eigenvalue weighted by Crippen LogP contribution is 2.15. The van der Waals surface area contributed by atoms with Crippen molar-refractivity contribution >= 4 is 28.8 Å². The largest absolute Gasteiger partial charge is 0.339 e. The summed E-state index contributed by atoms with van der Waals surface area (Å²) in [5.74, 6) is -0.398. The number of anilines is 1. The number of carbonyl (C=O) groups excluding carboxylic acids is 2. The summed E-state index contributed by atoms with van der Waals surface area (Å²) >= 11 is 1.35. The minimum absolute atomic E-state index is 0.0180. The highest BCUT2D eigenvalue weighted by molar-refractivity contribution is 7.12. The molecular formula is C15H20N4O2S. The summed E-state index contributed by atoms with van der Waals surface area (Å²) in [4.78, 5) is 27.0. The van der Waals surface area contributed by atoms with Gasteiger partial charge in [-0.1, -0.05) is 19.9 Å². The molecule has 0 radical (unpaired) electrons. The minimum atomic E-state index is -0.584. The summed E-state index contributed by atoms with van der Waals surface area (Å²) in [6, 6.07) is 2.97. The van der Waals surface area contributed by atoms with Crippen molar-refractivity contribution in [3.05, 3.63) is 34.8 Å². The second-order valence-electron chi connectivity index (χ2n) is 5.44. The highest BCUT2D eigenvalue weighted by Gasteiger charge is 2.28. The lowest BCUT2D eigenvalue weighted by molar-refractivity contribution is -0.121. The molecule has 7 heteroatoms. The van der Waals surface area contributed by atoms with Crippen LogP contribution in [0.25, 0.3) is 0 Å². The van der Waals surface area contributed by atoms with Crippen molar-refractivity contribution in [2.75, 3.05) is 11.9 Å². The van der Waals surface area contributed by atoms with Crippen LogP contribution in [0.4, 0.5) is 5.69 Å². The van der Waals surface area contributed by atoms with Gasteiger partial charge in [0.05, 0.1) is 16.8 Å². The van der Waals surface area contributed by atoms with E-state index in [2.05, 4.69) is 10.4 Å². The van der Waals surface area contributed by atoms with Crippen molar-refractivity contribution in [2.24, 2.45) is 13.0 Å². The zero-order chi connectivity index (χ0) is 16.3. The van der Waals surface area contributed by atoms with Crippen molar-refractivity contribution in [1.29, 1.82) is 0 Å². The van der Waals surface area contributed by atoms with Gasteiger partial charge in [0, 0.05) is 20.3 Å². The molecule has 0 aliphatic carbocycles. The third-order valence-electron chi connectivity index (χ3n) is 3.37. The molecule has 0 unspecified atom stereocenters. The predicted molar refractivity (Wildman–Crippen MR) is 87.0 cm³/mol. The van der Waals surface area contributed by atoms with Crippen LogP contribution >= 0.6 is 11.3 Å². The third kappa shape index (κ3) is 3.54. The van der Waals surface area contributed by atoms with Gasteiger partial charge in [0.25, 0.3) is 5.91 Å². The summed E-state index contributed by atoms with van der Waals surface area (Å²) in [6.07, 6.45) is 3.38. The van der Waals surface area contributed by atoms with Crippen molar-refractivity contribution in [1.82, 2.24) is 15.1 Å². The van der Waals surface area contributed by atoms with Gasteiger partial charge in [-0.05, 0) is 17.4 Å². The van der Waals surface area contributed by atoms with Crippen molar-refractivity contribution in [3.63, 3.8) is 0 Å². The predicted octanol–water partition coefficient (Wildman–Crippen LogP) is 1.90. The Morgan fingerprint density at radius 2 is 2.14 bits per heavy atom. The lowest BCUT2D eigenvalue weighted by Gasteiger charge is -2.26. The molecule has 0 saturated carbocycles. The van der Waals surface area contributed by atoms with Crippen LogP contribution in [0, 0.1) is 5.92 Å².